The Balaban J connectivity index is 1.50. The highest BCUT2D eigenvalue weighted by Gasteiger charge is 2.63. The lowest BCUT2D eigenvalue weighted by Gasteiger charge is -2.62. The van der Waals surface area contributed by atoms with E-state index in [1.807, 2.05) is 6.92 Å². The van der Waals surface area contributed by atoms with Crippen molar-refractivity contribution in [3.8, 4) is 0 Å². The van der Waals surface area contributed by atoms with E-state index < -0.39 is 0 Å². The maximum Gasteiger partial charge on any atom is 0.305 e. The zero-order valence-corrected chi connectivity index (χ0v) is 19.6. The van der Waals surface area contributed by atoms with Crippen LogP contribution in [-0.4, -0.2) is 35.0 Å². The first-order valence-corrected chi connectivity index (χ1v) is 12.7. The maximum atomic E-state index is 11.9. The van der Waals surface area contributed by atoms with Gasteiger partial charge in [0.15, 0.2) is 0 Å². The number of ether oxygens (including phenoxy) is 1. The second-order valence-electron chi connectivity index (χ2n) is 11.7. The van der Waals surface area contributed by atoms with Crippen molar-refractivity contribution in [2.45, 2.75) is 104 Å². The number of hydrogen-bond donors (Lipinski definition) is 2. The Morgan fingerprint density at radius 2 is 1.83 bits per heavy atom. The molecule has 0 spiro atoms. The molecule has 4 fully saturated rings. The zero-order chi connectivity index (χ0) is 21.7. The van der Waals surface area contributed by atoms with Gasteiger partial charge in [-0.1, -0.05) is 20.8 Å². The van der Waals surface area contributed by atoms with Gasteiger partial charge in [-0.25, -0.2) is 0 Å². The summed E-state index contributed by atoms with van der Waals surface area (Å²) in [5.41, 5.74) is 0.269. The Morgan fingerprint density at radius 1 is 1.07 bits per heavy atom. The second kappa shape index (κ2) is 8.39. The predicted octanol–water partition coefficient (Wildman–Crippen LogP) is 4.96. The molecule has 0 aliphatic heterocycles. The molecule has 4 nitrogen and oxygen atoms in total. The fourth-order valence-electron chi connectivity index (χ4n) is 8.94. The monoisotopic (exact) mass is 420 g/mol. The van der Waals surface area contributed by atoms with Crippen molar-refractivity contribution in [2.24, 2.45) is 46.3 Å². The van der Waals surface area contributed by atoms with Gasteiger partial charge in [0.2, 0.25) is 0 Å². The van der Waals surface area contributed by atoms with Crippen molar-refractivity contribution < 1.29 is 19.7 Å². The smallest absolute Gasteiger partial charge is 0.305 e. The summed E-state index contributed by atoms with van der Waals surface area (Å²) in [4.78, 5) is 11.9. The van der Waals surface area contributed by atoms with Gasteiger partial charge in [0.05, 0.1) is 18.8 Å². The Bertz CT molecular complexity index is 635. The van der Waals surface area contributed by atoms with Gasteiger partial charge in [0.25, 0.3) is 0 Å². The quantitative estimate of drug-likeness (QED) is 0.617. The van der Waals surface area contributed by atoms with Gasteiger partial charge in [0.1, 0.15) is 0 Å². The number of carbonyl (C=O) groups excluding carboxylic acids is 1. The third kappa shape index (κ3) is 3.54. The summed E-state index contributed by atoms with van der Waals surface area (Å²) in [5.74, 6) is 3.39. The molecule has 4 rings (SSSR count). The summed E-state index contributed by atoms with van der Waals surface area (Å²) >= 11 is 0. The normalized spacial score (nSPS) is 48.9. The highest BCUT2D eigenvalue weighted by Crippen LogP contribution is 2.68. The Labute approximate surface area is 183 Å². The topological polar surface area (TPSA) is 66.8 Å². The van der Waals surface area contributed by atoms with Crippen molar-refractivity contribution in [1.82, 2.24) is 0 Å². The third-order valence-corrected chi connectivity index (χ3v) is 10.6. The molecule has 2 N–H and O–H groups in total. The predicted molar refractivity (Wildman–Crippen MR) is 118 cm³/mol. The SMILES string of the molecule is CCOC(=O)CC[C@@H](C)[C@H]1CC[C@@H]2[C@@H]3CC[C@@H]4C[C@H](O)CC[C@]4(C)[C@H]3C[C@H](O)[C@]21C. The minimum Gasteiger partial charge on any atom is -0.466 e. The van der Waals surface area contributed by atoms with Gasteiger partial charge < -0.3 is 14.9 Å². The van der Waals surface area contributed by atoms with Crippen LogP contribution in [0.3, 0.4) is 0 Å². The van der Waals surface area contributed by atoms with E-state index >= 15 is 0 Å². The number of fused-ring (bicyclic) bond motifs is 5. The molecule has 4 aliphatic carbocycles. The highest BCUT2D eigenvalue weighted by atomic mass is 16.5. The minimum absolute atomic E-state index is 0.0212. The van der Waals surface area contributed by atoms with Crippen LogP contribution in [0.25, 0.3) is 0 Å². The number of aliphatic hydroxyl groups excluding tert-OH is 2. The molecular weight excluding hydrogens is 376 g/mol. The summed E-state index contributed by atoms with van der Waals surface area (Å²) in [6, 6.07) is 0. The van der Waals surface area contributed by atoms with Gasteiger partial charge in [-0.15, -0.1) is 0 Å². The number of rotatable bonds is 5. The molecule has 4 saturated carbocycles. The van der Waals surface area contributed by atoms with Gasteiger partial charge in [-0.3, -0.25) is 4.79 Å². The zero-order valence-electron chi connectivity index (χ0n) is 19.6. The van der Waals surface area contributed by atoms with Gasteiger partial charge in [0, 0.05) is 6.42 Å². The van der Waals surface area contributed by atoms with Crippen LogP contribution in [0, 0.1) is 46.3 Å². The van der Waals surface area contributed by atoms with E-state index in [0.717, 1.165) is 38.0 Å². The van der Waals surface area contributed by atoms with Crippen molar-refractivity contribution in [3.05, 3.63) is 0 Å². The van der Waals surface area contributed by atoms with Gasteiger partial charge >= 0.3 is 5.97 Å². The summed E-state index contributed by atoms with van der Waals surface area (Å²) in [6.45, 7) is 9.45. The van der Waals surface area contributed by atoms with E-state index in [2.05, 4.69) is 20.8 Å². The van der Waals surface area contributed by atoms with Crippen LogP contribution in [0.2, 0.25) is 0 Å². The number of aliphatic hydroxyl groups is 2. The number of esters is 1. The number of carbonyl (C=O) groups is 1. The molecule has 30 heavy (non-hydrogen) atoms. The van der Waals surface area contributed by atoms with Crippen LogP contribution in [0.1, 0.15) is 91.9 Å². The molecule has 0 radical (unpaired) electrons. The minimum atomic E-state index is -0.247. The van der Waals surface area contributed by atoms with Crippen LogP contribution >= 0.6 is 0 Å². The lowest BCUT2D eigenvalue weighted by atomic mass is 9.43. The lowest BCUT2D eigenvalue weighted by Crippen LogP contribution is -2.58. The molecular formula is C26H44O4. The van der Waals surface area contributed by atoms with E-state index in [1.54, 1.807) is 0 Å². The van der Waals surface area contributed by atoms with E-state index in [1.165, 1.54) is 25.7 Å². The van der Waals surface area contributed by atoms with Crippen molar-refractivity contribution in [3.63, 3.8) is 0 Å². The second-order valence-corrected chi connectivity index (χ2v) is 11.7. The largest absolute Gasteiger partial charge is 0.466 e. The number of hydrogen-bond acceptors (Lipinski definition) is 4. The molecule has 4 aliphatic rings. The Kier molecular flexibility index (Phi) is 6.31. The summed E-state index contributed by atoms with van der Waals surface area (Å²) < 4.78 is 5.14. The van der Waals surface area contributed by atoms with E-state index in [9.17, 15) is 15.0 Å². The first-order chi connectivity index (χ1) is 14.2. The molecule has 4 heteroatoms. The summed E-state index contributed by atoms with van der Waals surface area (Å²) in [5, 5.41) is 21.8. The molecule has 0 saturated heterocycles. The Hall–Kier alpha value is -0.610. The molecule has 172 valence electrons. The van der Waals surface area contributed by atoms with Crippen LogP contribution in [0.4, 0.5) is 0 Å². The average Bonchev–Trinajstić information content (AvgIpc) is 3.07. The fourth-order valence-corrected chi connectivity index (χ4v) is 8.94. The molecule has 0 bridgehead atoms. The molecule has 0 aromatic heterocycles. The molecule has 0 aromatic rings. The fraction of sp³-hybridized carbons (Fsp3) is 0.962. The molecule has 0 unspecified atom stereocenters. The van der Waals surface area contributed by atoms with Crippen LogP contribution < -0.4 is 0 Å². The summed E-state index contributed by atoms with van der Waals surface area (Å²) in [7, 11) is 0. The van der Waals surface area contributed by atoms with E-state index in [0.29, 0.717) is 42.6 Å². The van der Waals surface area contributed by atoms with Crippen LogP contribution in [-0.2, 0) is 9.53 Å². The first kappa shape index (κ1) is 22.6. The lowest BCUT2D eigenvalue weighted by molar-refractivity contribution is -0.175. The van der Waals surface area contributed by atoms with Crippen molar-refractivity contribution in [2.75, 3.05) is 6.61 Å². The maximum absolute atomic E-state index is 11.9. The molecule has 0 aromatic carbocycles. The molecule has 0 heterocycles. The van der Waals surface area contributed by atoms with Gasteiger partial charge in [-0.2, -0.15) is 0 Å². The standard InChI is InChI=1S/C26H44O4/c1-5-30-24(29)11-6-16(2)20-9-10-21-19-8-7-17-14-18(27)12-13-25(17,3)22(19)15-23(28)26(20,21)4/h16-23,27-28H,5-15H2,1-4H3/t16-,17-,18-,19+,20-,21-,22+,23+,25+,26+/m1/s1. The Morgan fingerprint density at radius 3 is 2.57 bits per heavy atom. The summed E-state index contributed by atoms with van der Waals surface area (Å²) in [6.07, 6.45) is 9.88. The van der Waals surface area contributed by atoms with Crippen LogP contribution in [0.5, 0.6) is 0 Å². The van der Waals surface area contributed by atoms with E-state index in [4.69, 9.17) is 4.74 Å². The van der Waals surface area contributed by atoms with Crippen molar-refractivity contribution >= 4 is 5.97 Å². The molecule has 10 atom stereocenters. The van der Waals surface area contributed by atoms with Gasteiger partial charge in [-0.05, 0) is 111 Å². The van der Waals surface area contributed by atoms with Crippen LogP contribution in [0.15, 0.2) is 0 Å². The first-order valence-electron chi connectivity index (χ1n) is 12.7. The highest BCUT2D eigenvalue weighted by molar-refractivity contribution is 5.69. The van der Waals surface area contributed by atoms with E-state index in [-0.39, 0.29) is 29.0 Å². The average molecular weight is 421 g/mol. The third-order valence-electron chi connectivity index (χ3n) is 10.6. The molecule has 0 amide bonds. The van der Waals surface area contributed by atoms with Crippen molar-refractivity contribution in [1.29, 1.82) is 0 Å².